The molecule has 3 amide bonds. The van der Waals surface area contributed by atoms with Crippen LogP contribution in [-0.4, -0.2) is 58.4 Å². The first kappa shape index (κ1) is 34.0. The van der Waals surface area contributed by atoms with Gasteiger partial charge < -0.3 is 14.9 Å². The first-order chi connectivity index (χ1) is 22.0. The smallest absolute Gasteiger partial charge is 0.426 e. The fourth-order valence-electron chi connectivity index (χ4n) is 9.27. The van der Waals surface area contributed by atoms with Gasteiger partial charge in [-0.1, -0.05) is 38.0 Å². The molecule has 5 rings (SSSR count). The fourth-order valence-corrected chi connectivity index (χ4v) is 9.27. The van der Waals surface area contributed by atoms with E-state index in [1.807, 2.05) is 18.2 Å². The van der Waals surface area contributed by atoms with Crippen molar-refractivity contribution in [3.05, 3.63) is 36.0 Å². The van der Waals surface area contributed by atoms with E-state index < -0.39 is 18.1 Å². The standard InChI is InChI=1S/C35H50N4O7/c1-34-18-17-23(41)19-22(34)13-14-25-26-15-16-27(35(26,2)20-29(42)32(25)34)28(21-40)36-37-30(43)11-8-12-31(44)38-39-33(45)46-24-9-6-4-3-5-7-10-24/h6,9,17-19,24-27,29,32,40,42H,3-5,7-8,10-16,20-21H2,1-2H3,(H,37,43)(H,38,44)(H,39,45)/b9-6+,36-28-. The molecule has 0 aromatic heterocycles. The van der Waals surface area contributed by atoms with Crippen molar-refractivity contribution in [2.45, 2.75) is 110 Å². The average Bonchev–Trinajstić information content (AvgIpc) is 3.34. The third kappa shape index (κ3) is 7.30. The van der Waals surface area contributed by atoms with Gasteiger partial charge in [-0.15, -0.1) is 0 Å². The zero-order chi connectivity index (χ0) is 32.9. The molecule has 8 unspecified atom stereocenters. The van der Waals surface area contributed by atoms with Crippen LogP contribution in [0.2, 0.25) is 0 Å². The number of hydrazone groups is 1. The van der Waals surface area contributed by atoms with Crippen LogP contribution in [0, 0.1) is 34.5 Å². The van der Waals surface area contributed by atoms with Crippen LogP contribution in [0.3, 0.4) is 0 Å². The van der Waals surface area contributed by atoms with Gasteiger partial charge >= 0.3 is 6.09 Å². The lowest BCUT2D eigenvalue weighted by atomic mass is 9.46. The number of hydrazine groups is 1. The summed E-state index contributed by atoms with van der Waals surface area (Å²) >= 11 is 0. The summed E-state index contributed by atoms with van der Waals surface area (Å²) in [6.45, 7) is 4.04. The summed E-state index contributed by atoms with van der Waals surface area (Å²) < 4.78 is 5.35. The van der Waals surface area contributed by atoms with Crippen LogP contribution in [0.15, 0.2) is 41.1 Å². The number of carbonyl (C=O) groups is 4. The first-order valence-electron chi connectivity index (χ1n) is 17.1. The maximum absolute atomic E-state index is 12.6. The zero-order valence-electron chi connectivity index (χ0n) is 27.1. The number of ether oxygens (including phenoxy) is 1. The Kier molecular flexibility index (Phi) is 10.8. The van der Waals surface area contributed by atoms with Gasteiger partial charge in [-0.2, -0.15) is 5.10 Å². The maximum atomic E-state index is 12.6. The second kappa shape index (κ2) is 14.6. The van der Waals surface area contributed by atoms with Gasteiger partial charge in [-0.3, -0.25) is 19.8 Å². The summed E-state index contributed by atoms with van der Waals surface area (Å²) in [6.07, 6.45) is 17.0. The molecular formula is C35H50N4O7. The van der Waals surface area contributed by atoms with Crippen molar-refractivity contribution < 1.29 is 34.1 Å². The Hall–Kier alpha value is -3.31. The Bertz CT molecular complexity index is 1310. The van der Waals surface area contributed by atoms with E-state index in [0.29, 0.717) is 18.1 Å². The Morgan fingerprint density at radius 1 is 1.04 bits per heavy atom. The number of hydrogen-bond acceptors (Lipinski definition) is 8. The van der Waals surface area contributed by atoms with Gasteiger partial charge in [0.15, 0.2) is 5.78 Å². The van der Waals surface area contributed by atoms with Crippen LogP contribution in [0.25, 0.3) is 0 Å². The molecule has 0 bridgehead atoms. The van der Waals surface area contributed by atoms with Crippen molar-refractivity contribution in [2.24, 2.45) is 39.6 Å². The Labute approximate surface area is 271 Å². The summed E-state index contributed by atoms with van der Waals surface area (Å²) in [6, 6.07) is 0. The lowest BCUT2D eigenvalue weighted by Gasteiger charge is -2.58. The van der Waals surface area contributed by atoms with Crippen LogP contribution in [0.5, 0.6) is 0 Å². The molecule has 3 fully saturated rings. The van der Waals surface area contributed by atoms with Gasteiger partial charge in [0.05, 0.1) is 18.4 Å². The van der Waals surface area contributed by atoms with Gasteiger partial charge in [0.25, 0.3) is 0 Å². The van der Waals surface area contributed by atoms with E-state index in [1.54, 1.807) is 12.2 Å². The van der Waals surface area contributed by atoms with Crippen molar-refractivity contribution in [1.29, 1.82) is 0 Å². The van der Waals surface area contributed by atoms with E-state index in [2.05, 4.69) is 35.2 Å². The number of carbonyl (C=O) groups excluding carboxylic acids is 4. The van der Waals surface area contributed by atoms with Crippen molar-refractivity contribution in [3.8, 4) is 0 Å². The summed E-state index contributed by atoms with van der Waals surface area (Å²) in [7, 11) is 0. The molecule has 3 saturated carbocycles. The van der Waals surface area contributed by atoms with E-state index in [0.717, 1.165) is 63.4 Å². The minimum Gasteiger partial charge on any atom is -0.441 e. The third-order valence-corrected chi connectivity index (χ3v) is 11.5. The van der Waals surface area contributed by atoms with E-state index in [-0.39, 0.29) is 72.2 Å². The second-order valence-corrected chi connectivity index (χ2v) is 14.3. The molecular weight excluding hydrogens is 588 g/mol. The van der Waals surface area contributed by atoms with Gasteiger partial charge in [-0.25, -0.2) is 15.6 Å². The van der Waals surface area contributed by atoms with Crippen LogP contribution in [0.1, 0.15) is 97.3 Å². The normalized spacial score (nSPS) is 36.1. The number of fused-ring (bicyclic) bond motifs is 5. The molecule has 0 aromatic carbocycles. The van der Waals surface area contributed by atoms with Crippen molar-refractivity contribution >= 4 is 29.4 Å². The summed E-state index contributed by atoms with van der Waals surface area (Å²) in [4.78, 5) is 48.9. The predicted octanol–water partition coefficient (Wildman–Crippen LogP) is 4.16. The van der Waals surface area contributed by atoms with Crippen LogP contribution < -0.4 is 16.3 Å². The number of aliphatic hydroxyl groups is 2. The lowest BCUT2D eigenvalue weighted by molar-refractivity contribution is -0.123. The Morgan fingerprint density at radius 2 is 1.85 bits per heavy atom. The summed E-state index contributed by atoms with van der Waals surface area (Å²) in [5.74, 6) is -0.224. The molecule has 0 radical (unpaired) electrons. The number of nitrogens with one attached hydrogen (secondary N) is 3. The zero-order valence-corrected chi connectivity index (χ0v) is 27.1. The number of nitrogens with zero attached hydrogens (tertiary/aromatic N) is 1. The molecule has 11 nitrogen and oxygen atoms in total. The van der Waals surface area contributed by atoms with Gasteiger partial charge in [-0.05, 0) is 99.7 Å². The molecule has 5 aliphatic rings. The highest BCUT2D eigenvalue weighted by Crippen LogP contribution is 2.66. The van der Waals surface area contributed by atoms with E-state index in [4.69, 9.17) is 4.74 Å². The van der Waals surface area contributed by atoms with Crippen LogP contribution >= 0.6 is 0 Å². The van der Waals surface area contributed by atoms with E-state index in [1.165, 1.54) is 0 Å². The Morgan fingerprint density at radius 3 is 2.65 bits per heavy atom. The molecule has 5 N–H and O–H groups in total. The maximum Gasteiger partial charge on any atom is 0.426 e. The topological polar surface area (TPSA) is 166 Å². The van der Waals surface area contributed by atoms with E-state index >= 15 is 0 Å². The number of rotatable bonds is 8. The number of amides is 3. The highest BCUT2D eigenvalue weighted by Gasteiger charge is 2.62. The third-order valence-electron chi connectivity index (χ3n) is 11.5. The molecule has 5 aliphatic carbocycles. The number of ketones is 1. The molecule has 0 heterocycles. The molecule has 0 saturated heterocycles. The number of aliphatic hydroxyl groups excluding tert-OH is 2. The van der Waals surface area contributed by atoms with Crippen LogP contribution in [-0.2, 0) is 19.1 Å². The highest BCUT2D eigenvalue weighted by atomic mass is 16.6. The molecule has 11 heteroatoms. The molecule has 0 spiro atoms. The minimum absolute atomic E-state index is 0.0170. The highest BCUT2D eigenvalue weighted by molar-refractivity contribution is 6.01. The molecule has 252 valence electrons. The quantitative estimate of drug-likeness (QED) is 0.151. The van der Waals surface area contributed by atoms with Crippen molar-refractivity contribution in [3.63, 3.8) is 0 Å². The molecule has 0 aromatic rings. The first-order valence-corrected chi connectivity index (χ1v) is 17.1. The average molecular weight is 639 g/mol. The second-order valence-electron chi connectivity index (χ2n) is 14.3. The SMILES string of the molecule is CC12C=CC(=O)C=C1CCC1C2C(O)CC2(C)C(/C(CO)=N\NC(=O)CCCC(=O)NNC(=O)OC3/C=C/CCCCC3)CCC12. The summed E-state index contributed by atoms with van der Waals surface area (Å²) in [5, 5.41) is 26.3. The largest absolute Gasteiger partial charge is 0.441 e. The van der Waals surface area contributed by atoms with Gasteiger partial charge in [0.1, 0.15) is 6.10 Å². The predicted molar refractivity (Wildman–Crippen MR) is 172 cm³/mol. The minimum atomic E-state index is -0.724. The molecule has 0 aliphatic heterocycles. The van der Waals surface area contributed by atoms with Gasteiger partial charge in [0.2, 0.25) is 11.8 Å². The van der Waals surface area contributed by atoms with Crippen molar-refractivity contribution in [2.75, 3.05) is 6.61 Å². The van der Waals surface area contributed by atoms with Crippen LogP contribution in [0.4, 0.5) is 4.79 Å². The molecule has 8 atom stereocenters. The Balaban J connectivity index is 1.09. The van der Waals surface area contributed by atoms with Crippen molar-refractivity contribution in [1.82, 2.24) is 16.3 Å². The number of allylic oxidation sites excluding steroid dienone is 5. The van der Waals surface area contributed by atoms with Gasteiger partial charge in [0, 0.05) is 30.1 Å². The summed E-state index contributed by atoms with van der Waals surface area (Å²) in [5.41, 5.74) is 8.17. The molecule has 46 heavy (non-hydrogen) atoms. The van der Waals surface area contributed by atoms with E-state index in [9.17, 15) is 29.4 Å². The fraction of sp³-hybridized carbons (Fsp3) is 0.686. The lowest BCUT2D eigenvalue weighted by Crippen LogP contribution is -2.56. The number of hydrogen-bond donors (Lipinski definition) is 5. The monoisotopic (exact) mass is 638 g/mol.